The zero-order chi connectivity index (χ0) is 21.1. The molecule has 3 heterocycles. The topological polar surface area (TPSA) is 107 Å². The van der Waals surface area contributed by atoms with Gasteiger partial charge in [0, 0.05) is 12.4 Å². The summed E-state index contributed by atoms with van der Waals surface area (Å²) in [4.78, 5) is 28.8. The second kappa shape index (κ2) is 12.9. The molecule has 0 aromatic carbocycles. The number of fused-ring (bicyclic) bond motifs is 1. The molecule has 3 N–H and O–H groups in total. The molecule has 0 saturated heterocycles. The Balaban J connectivity index is 0.000000220. The van der Waals surface area contributed by atoms with Gasteiger partial charge in [0.15, 0.2) is 5.15 Å². The zero-order valence-corrected chi connectivity index (χ0v) is 18.6. The Hall–Kier alpha value is -1.39. The Morgan fingerprint density at radius 2 is 1.93 bits per heavy atom. The van der Waals surface area contributed by atoms with Crippen molar-refractivity contribution < 1.29 is 14.3 Å². The summed E-state index contributed by atoms with van der Waals surface area (Å²) in [7, 11) is 0. The van der Waals surface area contributed by atoms with E-state index in [1.165, 1.54) is 18.0 Å². The van der Waals surface area contributed by atoms with Gasteiger partial charge in [0.05, 0.1) is 39.5 Å². The van der Waals surface area contributed by atoms with Crippen LogP contribution >= 0.6 is 59.2 Å². The van der Waals surface area contributed by atoms with Gasteiger partial charge in [-0.1, -0.05) is 46.6 Å². The van der Waals surface area contributed by atoms with Gasteiger partial charge in [-0.15, -0.1) is 0 Å². The van der Waals surface area contributed by atoms with Crippen LogP contribution in [0.2, 0.25) is 15.2 Å². The molecule has 0 fully saturated rings. The number of nitrogens with one attached hydrogen (secondary N) is 1. The SMILES string of the molecule is CCOC(=O)CS.Nc1cc(Cl)cnc1Cl.O=C1CSc2ncc(Cl)cc2N1. The van der Waals surface area contributed by atoms with Crippen LogP contribution in [0.5, 0.6) is 0 Å². The maximum Gasteiger partial charge on any atom is 0.315 e. The molecular formula is C16H17Cl3N4O3S2. The van der Waals surface area contributed by atoms with Crippen molar-refractivity contribution in [1.82, 2.24) is 9.97 Å². The maximum atomic E-state index is 10.9. The van der Waals surface area contributed by atoms with Crippen LogP contribution in [0.4, 0.5) is 11.4 Å². The summed E-state index contributed by atoms with van der Waals surface area (Å²) < 4.78 is 4.48. The molecule has 1 amide bonds. The summed E-state index contributed by atoms with van der Waals surface area (Å²) in [6, 6.07) is 3.25. The van der Waals surface area contributed by atoms with E-state index in [2.05, 4.69) is 32.7 Å². The average molecular weight is 484 g/mol. The smallest absolute Gasteiger partial charge is 0.315 e. The molecule has 2 aromatic rings. The van der Waals surface area contributed by atoms with E-state index in [0.717, 1.165) is 5.03 Å². The molecule has 1 aliphatic rings. The highest BCUT2D eigenvalue weighted by molar-refractivity contribution is 8.00. The van der Waals surface area contributed by atoms with Crippen LogP contribution in [0.15, 0.2) is 29.6 Å². The summed E-state index contributed by atoms with van der Waals surface area (Å²) in [5.41, 5.74) is 6.46. The van der Waals surface area contributed by atoms with E-state index >= 15 is 0 Å². The van der Waals surface area contributed by atoms with E-state index in [1.807, 2.05) is 0 Å². The molecule has 3 rings (SSSR count). The predicted octanol–water partition coefficient (Wildman–Crippen LogP) is 4.23. The van der Waals surface area contributed by atoms with Crippen molar-refractivity contribution in [2.45, 2.75) is 11.9 Å². The number of anilines is 2. The fraction of sp³-hybridized carbons (Fsp3) is 0.250. The van der Waals surface area contributed by atoms with E-state index in [9.17, 15) is 9.59 Å². The number of nitrogens with two attached hydrogens (primary N) is 1. The minimum Gasteiger partial charge on any atom is -0.465 e. The third-order valence-corrected chi connectivity index (χ3v) is 4.69. The number of nitrogen functional groups attached to an aromatic ring is 1. The van der Waals surface area contributed by atoms with E-state index < -0.39 is 0 Å². The number of hydrogen-bond donors (Lipinski definition) is 3. The Kier molecular flexibility index (Phi) is 11.4. The van der Waals surface area contributed by atoms with Crippen LogP contribution in [0.25, 0.3) is 0 Å². The first-order valence-corrected chi connectivity index (χ1v) is 10.4. The molecule has 0 aliphatic carbocycles. The second-order valence-electron chi connectivity index (χ2n) is 4.84. The molecule has 7 nitrogen and oxygen atoms in total. The van der Waals surface area contributed by atoms with Crippen molar-refractivity contribution in [3.05, 3.63) is 39.7 Å². The number of carbonyl (C=O) groups is 2. The maximum absolute atomic E-state index is 10.9. The molecule has 12 heteroatoms. The highest BCUT2D eigenvalue weighted by Crippen LogP contribution is 2.30. The van der Waals surface area contributed by atoms with Crippen molar-refractivity contribution in [2.75, 3.05) is 29.2 Å². The number of carbonyl (C=O) groups excluding carboxylic acids is 2. The summed E-state index contributed by atoms with van der Waals surface area (Å²) in [6.07, 6.45) is 3.02. The van der Waals surface area contributed by atoms with Gasteiger partial charge >= 0.3 is 5.97 Å². The fourth-order valence-electron chi connectivity index (χ4n) is 1.60. The lowest BCUT2D eigenvalue weighted by Gasteiger charge is -2.14. The number of halogens is 3. The van der Waals surface area contributed by atoms with Gasteiger partial charge in [-0.05, 0) is 19.1 Å². The summed E-state index contributed by atoms with van der Waals surface area (Å²) in [6.45, 7) is 2.21. The van der Waals surface area contributed by atoms with E-state index in [-0.39, 0.29) is 17.6 Å². The molecule has 0 bridgehead atoms. The Labute approximate surface area is 187 Å². The third-order valence-electron chi connectivity index (χ3n) is 2.70. The van der Waals surface area contributed by atoms with Crippen LogP contribution in [-0.4, -0.2) is 40.0 Å². The Bertz CT molecular complexity index is 828. The first-order valence-electron chi connectivity index (χ1n) is 7.68. The molecule has 0 saturated carbocycles. The van der Waals surface area contributed by atoms with Crippen molar-refractivity contribution in [3.8, 4) is 0 Å². The molecule has 0 atom stereocenters. The largest absolute Gasteiger partial charge is 0.465 e. The first-order chi connectivity index (χ1) is 13.3. The van der Waals surface area contributed by atoms with Crippen molar-refractivity contribution in [2.24, 2.45) is 0 Å². The lowest BCUT2D eigenvalue weighted by atomic mass is 10.4. The van der Waals surface area contributed by atoms with E-state index in [4.69, 9.17) is 40.5 Å². The number of aromatic nitrogens is 2. The van der Waals surface area contributed by atoms with Gasteiger partial charge in [0.2, 0.25) is 5.91 Å². The predicted molar refractivity (Wildman–Crippen MR) is 118 cm³/mol. The third kappa shape index (κ3) is 9.20. The van der Waals surface area contributed by atoms with Gasteiger partial charge < -0.3 is 15.8 Å². The zero-order valence-electron chi connectivity index (χ0n) is 14.6. The quantitative estimate of drug-likeness (QED) is 0.333. The van der Waals surface area contributed by atoms with Crippen molar-refractivity contribution in [1.29, 1.82) is 0 Å². The summed E-state index contributed by atoms with van der Waals surface area (Å²) >= 11 is 21.8. The van der Waals surface area contributed by atoms with Crippen molar-refractivity contribution >= 4 is 82.4 Å². The number of thioether (sulfide) groups is 1. The Morgan fingerprint density at radius 1 is 1.29 bits per heavy atom. The molecule has 0 unspecified atom stereocenters. The lowest BCUT2D eigenvalue weighted by molar-refractivity contribution is -0.139. The monoisotopic (exact) mass is 482 g/mol. The normalized spacial score (nSPS) is 11.7. The molecule has 152 valence electrons. The van der Waals surface area contributed by atoms with E-state index in [0.29, 0.717) is 38.9 Å². The number of rotatable bonds is 2. The lowest BCUT2D eigenvalue weighted by Crippen LogP contribution is -2.19. The number of ether oxygens (including phenoxy) is 1. The average Bonchev–Trinajstić information content (AvgIpc) is 2.66. The van der Waals surface area contributed by atoms with Crippen LogP contribution in [0.1, 0.15) is 6.92 Å². The standard InChI is InChI=1S/C7H5ClN2OS.C5H4Cl2N2.C4H8O2S/c8-4-1-5-7(9-2-4)12-3-6(11)10-5;6-3-1-4(8)5(7)9-2-3;1-2-6-4(5)3-7/h1-2H,3H2,(H,10,11);1-2H,8H2;7H,2-3H2,1H3. The second-order valence-corrected chi connectivity index (χ2v) is 7.35. The first kappa shape index (κ1) is 24.6. The van der Waals surface area contributed by atoms with Gasteiger partial charge in [-0.2, -0.15) is 12.6 Å². The van der Waals surface area contributed by atoms with Gasteiger partial charge in [-0.25, -0.2) is 9.97 Å². The highest BCUT2D eigenvalue weighted by Gasteiger charge is 2.16. The Morgan fingerprint density at radius 3 is 2.46 bits per heavy atom. The van der Waals surface area contributed by atoms with Crippen LogP contribution in [-0.2, 0) is 14.3 Å². The molecule has 2 aromatic heterocycles. The highest BCUT2D eigenvalue weighted by atomic mass is 35.5. The number of esters is 1. The number of pyridine rings is 2. The fourth-order valence-corrected chi connectivity index (χ4v) is 2.85. The number of thiol groups is 1. The van der Waals surface area contributed by atoms with Crippen LogP contribution in [0, 0.1) is 0 Å². The van der Waals surface area contributed by atoms with Gasteiger partial charge in [0.1, 0.15) is 5.03 Å². The van der Waals surface area contributed by atoms with Gasteiger partial charge in [0.25, 0.3) is 0 Å². The molecule has 0 spiro atoms. The number of nitrogens with zero attached hydrogens (tertiary/aromatic N) is 2. The molecule has 1 aliphatic heterocycles. The minimum absolute atomic E-state index is 0.00318. The minimum atomic E-state index is -0.258. The van der Waals surface area contributed by atoms with E-state index in [1.54, 1.807) is 25.3 Å². The molecular weight excluding hydrogens is 467 g/mol. The number of amides is 1. The van der Waals surface area contributed by atoms with Crippen LogP contribution in [0.3, 0.4) is 0 Å². The van der Waals surface area contributed by atoms with Gasteiger partial charge in [-0.3, -0.25) is 9.59 Å². The van der Waals surface area contributed by atoms with Crippen LogP contribution < -0.4 is 11.1 Å². The number of hydrogen-bond acceptors (Lipinski definition) is 8. The molecule has 28 heavy (non-hydrogen) atoms. The van der Waals surface area contributed by atoms with Crippen molar-refractivity contribution in [3.63, 3.8) is 0 Å². The summed E-state index contributed by atoms with van der Waals surface area (Å²) in [5, 5.41) is 4.85. The molecule has 0 radical (unpaired) electrons. The summed E-state index contributed by atoms with van der Waals surface area (Å²) in [5.74, 6) is 0.345.